The fraction of sp³-hybridized carbons (Fsp3) is 0.211. The summed E-state index contributed by atoms with van der Waals surface area (Å²) in [7, 11) is 0. The number of morpholine rings is 1. The van der Waals surface area contributed by atoms with E-state index < -0.39 is 0 Å². The van der Waals surface area contributed by atoms with E-state index >= 15 is 0 Å². The molecule has 22 heavy (non-hydrogen) atoms. The monoisotopic (exact) mass is 291 g/mol. The number of anilines is 1. The quantitative estimate of drug-likeness (QED) is 0.533. The Bertz CT molecular complexity index is 794. The van der Waals surface area contributed by atoms with Crippen LogP contribution in [0.4, 0.5) is 5.69 Å². The van der Waals surface area contributed by atoms with Crippen molar-refractivity contribution in [1.29, 1.82) is 0 Å². The summed E-state index contributed by atoms with van der Waals surface area (Å²) in [5, 5.41) is 4.34. The summed E-state index contributed by atoms with van der Waals surface area (Å²) in [4.78, 5) is 14.1. The molecule has 0 amide bonds. The van der Waals surface area contributed by atoms with E-state index in [9.17, 15) is 4.79 Å². The van der Waals surface area contributed by atoms with Crippen LogP contribution >= 0.6 is 0 Å². The van der Waals surface area contributed by atoms with Gasteiger partial charge in [0.25, 0.3) is 0 Å². The molecule has 1 heterocycles. The molecule has 1 saturated heterocycles. The number of hydrogen-bond acceptors (Lipinski definition) is 3. The highest BCUT2D eigenvalue weighted by atomic mass is 16.5. The molecule has 0 spiro atoms. The van der Waals surface area contributed by atoms with Gasteiger partial charge in [0.05, 0.1) is 18.9 Å². The fourth-order valence-corrected chi connectivity index (χ4v) is 3.39. The molecule has 4 rings (SSSR count). The van der Waals surface area contributed by atoms with Crippen LogP contribution in [0.2, 0.25) is 0 Å². The molecule has 0 aliphatic carbocycles. The van der Waals surface area contributed by atoms with E-state index in [1.165, 1.54) is 5.69 Å². The number of hydrogen-bond donors (Lipinski definition) is 0. The Morgan fingerprint density at radius 2 is 1.32 bits per heavy atom. The van der Waals surface area contributed by atoms with Crippen molar-refractivity contribution in [2.75, 3.05) is 31.2 Å². The van der Waals surface area contributed by atoms with E-state index in [4.69, 9.17) is 4.74 Å². The van der Waals surface area contributed by atoms with Crippen molar-refractivity contribution in [3.8, 4) is 0 Å². The third kappa shape index (κ3) is 1.97. The molecular formula is C19H17NO2. The zero-order valence-electron chi connectivity index (χ0n) is 12.3. The molecule has 3 nitrogen and oxygen atoms in total. The predicted octanol–water partition coefficient (Wildman–Crippen LogP) is 3.64. The van der Waals surface area contributed by atoms with Crippen LogP contribution in [0.5, 0.6) is 0 Å². The Hall–Kier alpha value is -2.39. The number of rotatable bonds is 2. The first-order valence-electron chi connectivity index (χ1n) is 7.61. The van der Waals surface area contributed by atoms with Crippen molar-refractivity contribution in [2.45, 2.75) is 0 Å². The zero-order valence-corrected chi connectivity index (χ0v) is 12.3. The summed E-state index contributed by atoms with van der Waals surface area (Å²) in [5.41, 5.74) is 2.00. The summed E-state index contributed by atoms with van der Waals surface area (Å²) < 4.78 is 5.49. The van der Waals surface area contributed by atoms with E-state index in [2.05, 4.69) is 17.0 Å². The number of carbonyl (C=O) groups excluding carboxylic acids is 1. The number of aldehydes is 1. The molecule has 0 radical (unpaired) electrons. The molecule has 0 unspecified atom stereocenters. The fourth-order valence-electron chi connectivity index (χ4n) is 3.39. The number of nitrogens with zero attached hydrogens (tertiary/aromatic N) is 1. The van der Waals surface area contributed by atoms with E-state index in [0.29, 0.717) is 0 Å². The van der Waals surface area contributed by atoms with Crippen LogP contribution in [0.3, 0.4) is 0 Å². The Balaban J connectivity index is 2.13. The first-order chi connectivity index (χ1) is 10.9. The zero-order chi connectivity index (χ0) is 14.9. The first kappa shape index (κ1) is 13.3. The average molecular weight is 291 g/mol. The summed E-state index contributed by atoms with van der Waals surface area (Å²) in [6.45, 7) is 3.26. The van der Waals surface area contributed by atoms with E-state index in [-0.39, 0.29) is 0 Å². The maximum atomic E-state index is 11.7. The largest absolute Gasteiger partial charge is 0.378 e. The Morgan fingerprint density at radius 3 is 1.82 bits per heavy atom. The second-order valence-corrected chi connectivity index (χ2v) is 5.57. The Morgan fingerprint density at radius 1 is 0.818 bits per heavy atom. The molecule has 0 atom stereocenters. The lowest BCUT2D eigenvalue weighted by atomic mass is 9.94. The van der Waals surface area contributed by atoms with Crippen LogP contribution < -0.4 is 4.90 Å². The first-order valence-corrected chi connectivity index (χ1v) is 7.61. The van der Waals surface area contributed by atoms with E-state index in [1.807, 2.05) is 36.4 Å². The van der Waals surface area contributed by atoms with Gasteiger partial charge in [-0.15, -0.1) is 0 Å². The lowest BCUT2D eigenvalue weighted by molar-refractivity contribution is 0.112. The maximum absolute atomic E-state index is 11.7. The van der Waals surface area contributed by atoms with Crippen LogP contribution in [0.25, 0.3) is 21.5 Å². The predicted molar refractivity (Wildman–Crippen MR) is 89.9 cm³/mol. The Labute approximate surface area is 129 Å². The molecule has 3 heteroatoms. The topological polar surface area (TPSA) is 29.5 Å². The number of fused-ring (bicyclic) bond motifs is 2. The average Bonchev–Trinajstić information content (AvgIpc) is 2.60. The SMILES string of the molecule is O=Cc1c2ccccc2c(N2CCOCC2)c2ccccc12. The summed E-state index contributed by atoms with van der Waals surface area (Å²) in [5.74, 6) is 0. The number of ether oxygens (including phenoxy) is 1. The molecule has 1 fully saturated rings. The smallest absolute Gasteiger partial charge is 0.151 e. The van der Waals surface area contributed by atoms with E-state index in [1.54, 1.807) is 0 Å². The summed E-state index contributed by atoms with van der Waals surface area (Å²) in [6, 6.07) is 16.4. The van der Waals surface area contributed by atoms with Gasteiger partial charge in [-0.25, -0.2) is 0 Å². The van der Waals surface area contributed by atoms with Crippen molar-refractivity contribution >= 4 is 33.5 Å². The van der Waals surface area contributed by atoms with E-state index in [0.717, 1.165) is 59.7 Å². The van der Waals surface area contributed by atoms with Gasteiger partial charge in [-0.1, -0.05) is 48.5 Å². The van der Waals surface area contributed by atoms with Crippen LogP contribution in [0.15, 0.2) is 48.5 Å². The minimum atomic E-state index is 0.748. The highest BCUT2D eigenvalue weighted by Crippen LogP contribution is 2.38. The van der Waals surface area contributed by atoms with Crippen molar-refractivity contribution in [3.63, 3.8) is 0 Å². The third-order valence-corrected chi connectivity index (χ3v) is 4.39. The second kappa shape index (κ2) is 5.43. The van der Waals surface area contributed by atoms with Crippen molar-refractivity contribution in [3.05, 3.63) is 54.1 Å². The van der Waals surface area contributed by atoms with Gasteiger partial charge in [0, 0.05) is 29.4 Å². The Kier molecular flexibility index (Phi) is 3.28. The normalized spacial score (nSPS) is 15.4. The third-order valence-electron chi connectivity index (χ3n) is 4.39. The van der Waals surface area contributed by atoms with Crippen molar-refractivity contribution in [2.24, 2.45) is 0 Å². The highest BCUT2D eigenvalue weighted by molar-refractivity contribution is 6.20. The van der Waals surface area contributed by atoms with Gasteiger partial charge in [0.2, 0.25) is 0 Å². The van der Waals surface area contributed by atoms with Crippen LogP contribution in [-0.2, 0) is 4.74 Å². The number of benzene rings is 3. The molecule has 1 aliphatic rings. The van der Waals surface area contributed by atoms with Gasteiger partial charge < -0.3 is 9.64 Å². The van der Waals surface area contributed by atoms with Gasteiger partial charge >= 0.3 is 0 Å². The summed E-state index contributed by atoms with van der Waals surface area (Å²) in [6.07, 6.45) is 0.980. The van der Waals surface area contributed by atoms with Gasteiger partial charge in [0.1, 0.15) is 0 Å². The van der Waals surface area contributed by atoms with Crippen LogP contribution in [-0.4, -0.2) is 32.6 Å². The maximum Gasteiger partial charge on any atom is 0.151 e. The molecule has 0 bridgehead atoms. The highest BCUT2D eigenvalue weighted by Gasteiger charge is 2.19. The lowest BCUT2D eigenvalue weighted by Gasteiger charge is -2.31. The lowest BCUT2D eigenvalue weighted by Crippen LogP contribution is -2.36. The van der Waals surface area contributed by atoms with Gasteiger partial charge in [0.15, 0.2) is 6.29 Å². The van der Waals surface area contributed by atoms with Crippen molar-refractivity contribution in [1.82, 2.24) is 0 Å². The molecule has 110 valence electrons. The van der Waals surface area contributed by atoms with Crippen LogP contribution in [0, 0.1) is 0 Å². The summed E-state index contributed by atoms with van der Waals surface area (Å²) >= 11 is 0. The minimum absolute atomic E-state index is 0.748. The van der Waals surface area contributed by atoms with Crippen molar-refractivity contribution < 1.29 is 9.53 Å². The molecule has 1 aliphatic heterocycles. The standard InChI is InChI=1S/C19H17NO2/c21-13-18-14-5-1-3-7-16(14)19(20-9-11-22-12-10-20)17-8-4-2-6-15(17)18/h1-8,13H,9-12H2. The molecule has 0 N–H and O–H groups in total. The van der Waals surface area contributed by atoms with Gasteiger partial charge in [-0.05, 0) is 10.8 Å². The molecule has 0 aromatic heterocycles. The second-order valence-electron chi connectivity index (χ2n) is 5.57. The minimum Gasteiger partial charge on any atom is -0.378 e. The van der Waals surface area contributed by atoms with Crippen LogP contribution in [0.1, 0.15) is 10.4 Å². The molecule has 0 saturated carbocycles. The molecular weight excluding hydrogens is 274 g/mol. The molecule has 3 aromatic carbocycles. The van der Waals surface area contributed by atoms with Gasteiger partial charge in [-0.2, -0.15) is 0 Å². The number of carbonyl (C=O) groups is 1. The molecule has 3 aromatic rings. The van der Waals surface area contributed by atoms with Gasteiger partial charge in [-0.3, -0.25) is 4.79 Å².